The van der Waals surface area contributed by atoms with E-state index >= 15 is 0 Å². The number of aromatic nitrogens is 2. The summed E-state index contributed by atoms with van der Waals surface area (Å²) in [6, 6.07) is 16.0. The number of carbonyl (C=O) groups is 1. The van der Waals surface area contributed by atoms with Gasteiger partial charge >= 0.3 is 0 Å². The van der Waals surface area contributed by atoms with E-state index in [4.69, 9.17) is 0 Å². The average Bonchev–Trinajstić information content (AvgIpc) is 3.16. The normalized spacial score (nSPS) is 11.1. The Balaban J connectivity index is 1.88. The van der Waals surface area contributed by atoms with E-state index in [1.807, 2.05) is 25.1 Å². The quantitative estimate of drug-likeness (QED) is 0.572. The van der Waals surface area contributed by atoms with Gasteiger partial charge in [-0.05, 0) is 41.0 Å². The van der Waals surface area contributed by atoms with Crippen LogP contribution in [0.25, 0.3) is 27.2 Å². The monoisotopic (exact) mass is 371 g/mol. The average molecular weight is 371 g/mol. The molecule has 1 amide bonds. The van der Waals surface area contributed by atoms with Crippen LogP contribution in [0.5, 0.6) is 0 Å². The summed E-state index contributed by atoms with van der Waals surface area (Å²) in [6.07, 6.45) is 1.78. The maximum atomic E-state index is 12.6. The lowest BCUT2D eigenvalue weighted by Gasteiger charge is -2.11. The Morgan fingerprint density at radius 1 is 1.14 bits per heavy atom. The molecule has 0 saturated carbocycles. The third-order valence-electron chi connectivity index (χ3n) is 4.97. The molecule has 5 nitrogen and oxygen atoms in total. The van der Waals surface area contributed by atoms with Crippen LogP contribution in [0.4, 0.5) is 0 Å². The van der Waals surface area contributed by atoms with Crippen LogP contribution in [0.15, 0.2) is 66.1 Å². The van der Waals surface area contributed by atoms with Crippen LogP contribution in [0.1, 0.15) is 28.5 Å². The minimum atomic E-state index is -0.233. The lowest BCUT2D eigenvalue weighted by atomic mass is 9.96. The Labute approximate surface area is 162 Å². The van der Waals surface area contributed by atoms with Crippen molar-refractivity contribution in [2.45, 2.75) is 6.92 Å². The van der Waals surface area contributed by atoms with Crippen LogP contribution in [-0.2, 0) is 7.05 Å². The van der Waals surface area contributed by atoms with Crippen LogP contribution in [0.3, 0.4) is 0 Å². The van der Waals surface area contributed by atoms with Crippen LogP contribution >= 0.6 is 0 Å². The molecule has 0 bridgehead atoms. The molecular weight excluding hydrogens is 350 g/mol. The Hall–Kier alpha value is -3.60. The molecule has 2 aromatic heterocycles. The summed E-state index contributed by atoms with van der Waals surface area (Å²) in [6.45, 7) is 6.65. The van der Waals surface area contributed by atoms with Gasteiger partial charge in [-0.2, -0.15) is 0 Å². The molecule has 0 saturated heterocycles. The molecule has 0 unspecified atom stereocenters. The van der Waals surface area contributed by atoms with Gasteiger partial charge in [0.2, 0.25) is 0 Å². The molecule has 0 fully saturated rings. The molecule has 2 aromatic carbocycles. The zero-order chi connectivity index (χ0) is 19.8. The number of hydrogen-bond acceptors (Lipinski definition) is 2. The minimum Gasteiger partial charge on any atom is -0.351 e. The number of H-pyrrole nitrogens is 1. The van der Waals surface area contributed by atoms with E-state index < -0.39 is 0 Å². The van der Waals surface area contributed by atoms with Crippen molar-refractivity contribution in [3.05, 3.63) is 88.5 Å². The minimum absolute atomic E-state index is 0.180. The van der Waals surface area contributed by atoms with Crippen molar-refractivity contribution in [2.75, 3.05) is 6.54 Å². The number of benzene rings is 2. The molecular formula is C23H21N3O2. The van der Waals surface area contributed by atoms with Crippen molar-refractivity contribution in [1.29, 1.82) is 0 Å². The Morgan fingerprint density at radius 2 is 1.89 bits per heavy atom. The predicted octanol–water partition coefficient (Wildman–Crippen LogP) is 3.83. The summed E-state index contributed by atoms with van der Waals surface area (Å²) in [5, 5.41) is 5.73. The van der Waals surface area contributed by atoms with Crippen molar-refractivity contribution >= 4 is 33.2 Å². The summed E-state index contributed by atoms with van der Waals surface area (Å²) in [5.41, 5.74) is 3.18. The van der Waals surface area contributed by atoms with Crippen molar-refractivity contribution in [3.8, 4) is 0 Å². The highest BCUT2D eigenvalue weighted by molar-refractivity contribution is 6.02. The number of fused-ring (bicyclic) bond motifs is 2. The molecule has 140 valence electrons. The van der Waals surface area contributed by atoms with Gasteiger partial charge in [0.05, 0.1) is 0 Å². The topological polar surface area (TPSA) is 66.9 Å². The van der Waals surface area contributed by atoms with Gasteiger partial charge in [-0.3, -0.25) is 9.59 Å². The van der Waals surface area contributed by atoms with E-state index in [2.05, 4.69) is 41.1 Å². The predicted molar refractivity (Wildman–Crippen MR) is 114 cm³/mol. The van der Waals surface area contributed by atoms with Crippen LogP contribution in [-0.4, -0.2) is 22.0 Å². The molecule has 28 heavy (non-hydrogen) atoms. The molecule has 2 heterocycles. The smallest absolute Gasteiger partial charge is 0.274 e. The summed E-state index contributed by atoms with van der Waals surface area (Å²) < 4.78 is 1.52. The standard InChI is InChI=1S/C23H21N3O2/c1-4-24-22(27)20-12-18-19(13-26(3)23(28)21(18)25-20)14(2)16-10-9-15-7-5-6-8-17(15)11-16/h5-13,25H,2,4H2,1,3H3,(H,24,27). The Morgan fingerprint density at radius 3 is 2.64 bits per heavy atom. The first kappa shape index (κ1) is 17.8. The fourth-order valence-electron chi connectivity index (χ4n) is 3.48. The summed E-state index contributed by atoms with van der Waals surface area (Å²) in [7, 11) is 1.70. The van der Waals surface area contributed by atoms with Gasteiger partial charge in [-0.25, -0.2) is 0 Å². The number of rotatable bonds is 4. The SMILES string of the molecule is C=C(c1ccc2ccccc2c1)c1cn(C)c(=O)c2[nH]c(C(=O)NCC)cc12. The fraction of sp³-hybridized carbons (Fsp3) is 0.130. The molecule has 0 aliphatic rings. The number of nitrogens with one attached hydrogen (secondary N) is 2. The molecule has 0 aliphatic heterocycles. The Kier molecular flexibility index (Phi) is 4.35. The second-order valence-electron chi connectivity index (χ2n) is 6.83. The van der Waals surface area contributed by atoms with Gasteiger partial charge in [0, 0.05) is 30.7 Å². The highest BCUT2D eigenvalue weighted by Crippen LogP contribution is 2.29. The van der Waals surface area contributed by atoms with E-state index in [-0.39, 0.29) is 11.5 Å². The second-order valence-corrected chi connectivity index (χ2v) is 6.83. The third kappa shape index (κ3) is 2.91. The van der Waals surface area contributed by atoms with Gasteiger partial charge in [0.15, 0.2) is 0 Å². The molecule has 0 atom stereocenters. The Bertz CT molecular complexity index is 1290. The molecule has 2 N–H and O–H groups in total. The molecule has 4 rings (SSSR count). The third-order valence-corrected chi connectivity index (χ3v) is 4.97. The first-order valence-corrected chi connectivity index (χ1v) is 9.18. The zero-order valence-electron chi connectivity index (χ0n) is 15.9. The first-order chi connectivity index (χ1) is 13.5. The number of pyridine rings is 1. The summed E-state index contributed by atoms with van der Waals surface area (Å²) >= 11 is 0. The molecule has 4 aromatic rings. The van der Waals surface area contributed by atoms with Crippen LogP contribution in [0, 0.1) is 0 Å². The number of aromatic amines is 1. The van der Waals surface area contributed by atoms with E-state index in [0.29, 0.717) is 23.1 Å². The van der Waals surface area contributed by atoms with Gasteiger partial charge in [0.1, 0.15) is 11.2 Å². The second kappa shape index (κ2) is 6.85. The van der Waals surface area contributed by atoms with Crippen molar-refractivity contribution in [2.24, 2.45) is 7.05 Å². The maximum absolute atomic E-state index is 12.6. The lowest BCUT2D eigenvalue weighted by Crippen LogP contribution is -2.23. The first-order valence-electron chi connectivity index (χ1n) is 9.18. The number of nitrogens with zero attached hydrogens (tertiary/aromatic N) is 1. The summed E-state index contributed by atoms with van der Waals surface area (Å²) in [5.74, 6) is -0.233. The van der Waals surface area contributed by atoms with Gasteiger partial charge in [0.25, 0.3) is 11.5 Å². The summed E-state index contributed by atoms with van der Waals surface area (Å²) in [4.78, 5) is 27.8. The lowest BCUT2D eigenvalue weighted by molar-refractivity contribution is 0.0951. The van der Waals surface area contributed by atoms with Crippen molar-refractivity contribution < 1.29 is 4.79 Å². The number of amides is 1. The highest BCUT2D eigenvalue weighted by atomic mass is 16.2. The zero-order valence-corrected chi connectivity index (χ0v) is 15.9. The number of aryl methyl sites for hydroxylation is 1. The van der Waals surface area contributed by atoms with E-state index in [9.17, 15) is 9.59 Å². The molecule has 0 aliphatic carbocycles. The van der Waals surface area contributed by atoms with Gasteiger partial charge < -0.3 is 14.9 Å². The fourth-order valence-corrected chi connectivity index (χ4v) is 3.48. The molecule has 0 spiro atoms. The largest absolute Gasteiger partial charge is 0.351 e. The van der Waals surface area contributed by atoms with Gasteiger partial charge in [-0.1, -0.05) is 43.0 Å². The van der Waals surface area contributed by atoms with Crippen LogP contribution < -0.4 is 10.9 Å². The van der Waals surface area contributed by atoms with E-state index in [1.54, 1.807) is 19.3 Å². The van der Waals surface area contributed by atoms with Gasteiger partial charge in [-0.15, -0.1) is 0 Å². The van der Waals surface area contributed by atoms with Crippen molar-refractivity contribution in [1.82, 2.24) is 14.9 Å². The number of carbonyl (C=O) groups excluding carboxylic acids is 1. The van der Waals surface area contributed by atoms with E-state index in [0.717, 1.165) is 27.5 Å². The maximum Gasteiger partial charge on any atom is 0.274 e. The van der Waals surface area contributed by atoms with E-state index in [1.165, 1.54) is 4.57 Å². The molecule has 5 heteroatoms. The van der Waals surface area contributed by atoms with Crippen molar-refractivity contribution in [3.63, 3.8) is 0 Å². The highest BCUT2D eigenvalue weighted by Gasteiger charge is 2.17. The van der Waals surface area contributed by atoms with Crippen LogP contribution in [0.2, 0.25) is 0 Å². The number of hydrogen-bond donors (Lipinski definition) is 2. The molecule has 0 radical (unpaired) electrons.